The average molecular weight is 307 g/mol. The number of carbonyl (C=O) groups is 1. The number of likely N-dealkylation sites (tertiary alicyclic amines) is 1. The second-order valence-corrected chi connectivity index (χ2v) is 6.67. The van der Waals surface area contributed by atoms with Crippen LogP contribution in [0, 0.1) is 5.92 Å². The first-order valence-electron chi connectivity index (χ1n) is 7.98. The van der Waals surface area contributed by atoms with Gasteiger partial charge in [-0.05, 0) is 50.3 Å². The SMILES string of the molecule is O=C(NC1CC1)[C@H]1CCCN(CCc2ccccc2Cl)C1. The minimum atomic E-state index is 0.172. The number of nitrogens with one attached hydrogen (secondary N) is 1. The van der Waals surface area contributed by atoms with Crippen LogP contribution in [0.25, 0.3) is 0 Å². The molecule has 1 aliphatic heterocycles. The number of nitrogens with zero attached hydrogens (tertiary/aromatic N) is 1. The van der Waals surface area contributed by atoms with Gasteiger partial charge in [-0.2, -0.15) is 0 Å². The molecule has 1 saturated carbocycles. The number of carbonyl (C=O) groups excluding carboxylic acids is 1. The zero-order chi connectivity index (χ0) is 14.7. The first-order chi connectivity index (χ1) is 10.2. The van der Waals surface area contributed by atoms with Gasteiger partial charge in [0.15, 0.2) is 0 Å². The predicted molar refractivity (Wildman–Crippen MR) is 85.5 cm³/mol. The number of halogens is 1. The highest BCUT2D eigenvalue weighted by Gasteiger charge is 2.30. The van der Waals surface area contributed by atoms with Gasteiger partial charge in [-0.1, -0.05) is 29.8 Å². The Hall–Kier alpha value is -1.06. The third kappa shape index (κ3) is 4.21. The summed E-state index contributed by atoms with van der Waals surface area (Å²) in [6, 6.07) is 8.49. The van der Waals surface area contributed by atoms with Crippen LogP contribution in [-0.2, 0) is 11.2 Å². The Morgan fingerprint density at radius 2 is 2.10 bits per heavy atom. The summed E-state index contributed by atoms with van der Waals surface area (Å²) in [5, 5.41) is 3.99. The number of amides is 1. The highest BCUT2D eigenvalue weighted by Crippen LogP contribution is 2.23. The molecule has 0 unspecified atom stereocenters. The molecule has 3 nitrogen and oxygen atoms in total. The van der Waals surface area contributed by atoms with Crippen LogP contribution in [0.5, 0.6) is 0 Å². The summed E-state index contributed by atoms with van der Waals surface area (Å²) in [6.45, 7) is 2.97. The van der Waals surface area contributed by atoms with E-state index in [2.05, 4.69) is 16.3 Å². The Bertz CT molecular complexity index is 501. The molecule has 114 valence electrons. The van der Waals surface area contributed by atoms with Gasteiger partial charge in [-0.3, -0.25) is 4.79 Å². The first kappa shape index (κ1) is 14.9. The van der Waals surface area contributed by atoms with Gasteiger partial charge < -0.3 is 10.2 Å². The van der Waals surface area contributed by atoms with E-state index in [1.165, 1.54) is 5.56 Å². The van der Waals surface area contributed by atoms with Gasteiger partial charge in [0.1, 0.15) is 0 Å². The molecule has 1 N–H and O–H groups in total. The molecule has 1 aromatic rings. The second-order valence-electron chi connectivity index (χ2n) is 6.26. The topological polar surface area (TPSA) is 32.3 Å². The quantitative estimate of drug-likeness (QED) is 0.907. The van der Waals surface area contributed by atoms with E-state index in [4.69, 9.17) is 11.6 Å². The van der Waals surface area contributed by atoms with Crippen molar-refractivity contribution < 1.29 is 4.79 Å². The van der Waals surface area contributed by atoms with Crippen LogP contribution in [0.3, 0.4) is 0 Å². The van der Waals surface area contributed by atoms with Crippen LogP contribution in [0.4, 0.5) is 0 Å². The maximum atomic E-state index is 12.2. The third-order valence-electron chi connectivity index (χ3n) is 4.46. The number of rotatable bonds is 5. The number of hydrogen-bond donors (Lipinski definition) is 1. The summed E-state index contributed by atoms with van der Waals surface area (Å²) < 4.78 is 0. The number of piperidine rings is 1. The monoisotopic (exact) mass is 306 g/mol. The van der Waals surface area contributed by atoms with Crippen LogP contribution in [-0.4, -0.2) is 36.5 Å². The van der Waals surface area contributed by atoms with Crippen molar-refractivity contribution in [2.24, 2.45) is 5.92 Å². The highest BCUT2D eigenvalue weighted by atomic mass is 35.5. The lowest BCUT2D eigenvalue weighted by Crippen LogP contribution is -2.44. The molecule has 0 bridgehead atoms. The summed E-state index contributed by atoms with van der Waals surface area (Å²) in [5.74, 6) is 0.436. The van der Waals surface area contributed by atoms with E-state index in [1.807, 2.05) is 18.2 Å². The molecule has 2 fully saturated rings. The molecule has 1 saturated heterocycles. The summed E-state index contributed by atoms with van der Waals surface area (Å²) in [5.41, 5.74) is 1.20. The lowest BCUT2D eigenvalue weighted by molar-refractivity contribution is -0.126. The zero-order valence-electron chi connectivity index (χ0n) is 12.4. The summed E-state index contributed by atoms with van der Waals surface area (Å²) in [7, 11) is 0. The Labute approximate surface area is 131 Å². The minimum absolute atomic E-state index is 0.172. The molecule has 0 radical (unpaired) electrons. The third-order valence-corrected chi connectivity index (χ3v) is 4.82. The van der Waals surface area contributed by atoms with E-state index in [-0.39, 0.29) is 11.8 Å². The lowest BCUT2D eigenvalue weighted by Gasteiger charge is -2.32. The molecule has 1 amide bonds. The molecule has 0 spiro atoms. The van der Waals surface area contributed by atoms with Gasteiger partial charge in [0.2, 0.25) is 5.91 Å². The Morgan fingerprint density at radius 3 is 2.86 bits per heavy atom. The Balaban J connectivity index is 1.49. The maximum absolute atomic E-state index is 12.2. The molecule has 2 aliphatic rings. The van der Waals surface area contributed by atoms with Crippen molar-refractivity contribution in [2.45, 2.75) is 38.1 Å². The van der Waals surface area contributed by atoms with Crippen molar-refractivity contribution in [2.75, 3.05) is 19.6 Å². The molecule has 1 heterocycles. The summed E-state index contributed by atoms with van der Waals surface area (Å²) in [6.07, 6.45) is 5.42. The van der Waals surface area contributed by atoms with Gasteiger partial charge in [0.25, 0.3) is 0 Å². The zero-order valence-corrected chi connectivity index (χ0v) is 13.1. The fraction of sp³-hybridized carbons (Fsp3) is 0.588. The smallest absolute Gasteiger partial charge is 0.224 e. The first-order valence-corrected chi connectivity index (χ1v) is 8.36. The van der Waals surface area contributed by atoms with Crippen LogP contribution >= 0.6 is 11.6 Å². The van der Waals surface area contributed by atoms with E-state index in [9.17, 15) is 4.79 Å². The fourth-order valence-corrected chi connectivity index (χ4v) is 3.23. The summed E-state index contributed by atoms with van der Waals surface area (Å²) >= 11 is 6.20. The molecule has 1 atom stereocenters. The maximum Gasteiger partial charge on any atom is 0.224 e. The lowest BCUT2D eigenvalue weighted by atomic mass is 9.96. The van der Waals surface area contributed by atoms with Gasteiger partial charge in [-0.25, -0.2) is 0 Å². The molecule has 3 rings (SSSR count). The van der Waals surface area contributed by atoms with Gasteiger partial charge in [0.05, 0.1) is 5.92 Å². The van der Waals surface area contributed by atoms with Crippen molar-refractivity contribution in [3.63, 3.8) is 0 Å². The average Bonchev–Trinajstić information content (AvgIpc) is 3.31. The van der Waals surface area contributed by atoms with Gasteiger partial charge >= 0.3 is 0 Å². The minimum Gasteiger partial charge on any atom is -0.353 e. The van der Waals surface area contributed by atoms with Crippen molar-refractivity contribution in [1.29, 1.82) is 0 Å². The molecule has 4 heteroatoms. The predicted octanol–water partition coefficient (Wildman–Crippen LogP) is 2.87. The van der Waals surface area contributed by atoms with Crippen molar-refractivity contribution in [1.82, 2.24) is 10.2 Å². The van der Waals surface area contributed by atoms with Crippen LogP contribution in [0.1, 0.15) is 31.2 Å². The van der Waals surface area contributed by atoms with Gasteiger partial charge in [0, 0.05) is 24.2 Å². The number of hydrogen-bond acceptors (Lipinski definition) is 2. The van der Waals surface area contributed by atoms with E-state index in [0.717, 1.165) is 56.8 Å². The second kappa shape index (κ2) is 6.80. The fourth-order valence-electron chi connectivity index (χ4n) is 3.00. The van der Waals surface area contributed by atoms with Crippen LogP contribution in [0.2, 0.25) is 5.02 Å². The normalized spacial score (nSPS) is 23.0. The Morgan fingerprint density at radius 1 is 1.29 bits per heavy atom. The van der Waals surface area contributed by atoms with Crippen LogP contribution < -0.4 is 5.32 Å². The van der Waals surface area contributed by atoms with E-state index in [0.29, 0.717) is 6.04 Å². The highest BCUT2D eigenvalue weighted by molar-refractivity contribution is 6.31. The van der Waals surface area contributed by atoms with Crippen molar-refractivity contribution in [3.8, 4) is 0 Å². The standard InChI is InChI=1S/C17H23ClN2O/c18-16-6-2-1-4-13(16)9-11-20-10-3-5-14(12-20)17(21)19-15-7-8-15/h1-2,4,6,14-15H,3,5,7-12H2,(H,19,21)/t14-/m0/s1. The molecule has 21 heavy (non-hydrogen) atoms. The van der Waals surface area contributed by atoms with E-state index < -0.39 is 0 Å². The number of benzene rings is 1. The molecule has 1 aromatic carbocycles. The van der Waals surface area contributed by atoms with Crippen molar-refractivity contribution in [3.05, 3.63) is 34.9 Å². The Kier molecular flexibility index (Phi) is 4.81. The molecular formula is C17H23ClN2O. The van der Waals surface area contributed by atoms with E-state index in [1.54, 1.807) is 0 Å². The molecule has 0 aromatic heterocycles. The summed E-state index contributed by atoms with van der Waals surface area (Å²) in [4.78, 5) is 14.6. The molecule has 1 aliphatic carbocycles. The molecular weight excluding hydrogens is 284 g/mol. The van der Waals surface area contributed by atoms with Crippen molar-refractivity contribution >= 4 is 17.5 Å². The largest absolute Gasteiger partial charge is 0.353 e. The van der Waals surface area contributed by atoms with Gasteiger partial charge in [-0.15, -0.1) is 0 Å². The van der Waals surface area contributed by atoms with Crippen LogP contribution in [0.15, 0.2) is 24.3 Å². The van der Waals surface area contributed by atoms with E-state index >= 15 is 0 Å².